The van der Waals surface area contributed by atoms with Gasteiger partial charge in [-0.2, -0.15) is 0 Å². The fourth-order valence-electron chi connectivity index (χ4n) is 1.92. The molecule has 1 N–H and O–H groups in total. The molecule has 1 atom stereocenters. The van der Waals surface area contributed by atoms with Crippen LogP contribution in [0.5, 0.6) is 16.7 Å². The topological polar surface area (TPSA) is 82.0 Å². The molecule has 0 fully saturated rings. The molecule has 0 aliphatic heterocycles. The minimum Gasteiger partial charge on any atom is -0.494 e. The van der Waals surface area contributed by atoms with Gasteiger partial charge in [0.2, 0.25) is 5.91 Å². The molecule has 1 aromatic heterocycles. The predicted molar refractivity (Wildman–Crippen MR) is 104 cm³/mol. The van der Waals surface area contributed by atoms with Gasteiger partial charge in [0.05, 0.1) is 34.4 Å². The van der Waals surface area contributed by atoms with Gasteiger partial charge in [-0.1, -0.05) is 16.5 Å². The van der Waals surface area contributed by atoms with Gasteiger partial charge < -0.3 is 19.6 Å². The first-order chi connectivity index (χ1) is 12.5. The van der Waals surface area contributed by atoms with Crippen LogP contribution in [0.15, 0.2) is 34.0 Å². The molecule has 0 aliphatic rings. The first-order valence-corrected chi connectivity index (χ1v) is 9.57. The van der Waals surface area contributed by atoms with Crippen LogP contribution < -0.4 is 14.8 Å². The molecule has 1 heterocycles. The third kappa shape index (κ3) is 6.64. The lowest BCUT2D eigenvalue weighted by molar-refractivity contribution is -0.119. The minimum absolute atomic E-state index is 0.102. The Morgan fingerprint density at radius 3 is 3.00 bits per heavy atom. The van der Waals surface area contributed by atoms with E-state index in [-0.39, 0.29) is 18.6 Å². The summed E-state index contributed by atoms with van der Waals surface area (Å²) in [7, 11) is 0. The molecular formula is C17H20BrN3O4S. The van der Waals surface area contributed by atoms with E-state index in [4.69, 9.17) is 14.3 Å². The number of aromatic nitrogens is 1. The molecule has 1 amide bonds. The van der Waals surface area contributed by atoms with Crippen LogP contribution in [-0.2, 0) is 9.63 Å². The highest BCUT2D eigenvalue weighted by atomic mass is 79.9. The van der Waals surface area contributed by atoms with Gasteiger partial charge in [-0.15, -0.1) is 0 Å². The SMILES string of the molecule is CCOc1ccc(Oc2ncc(C=NOC[C@H](C)NC(C)=O)s2)c(Br)c1. The molecule has 0 bridgehead atoms. The third-order valence-electron chi connectivity index (χ3n) is 2.94. The Bertz CT molecular complexity index is 766. The van der Waals surface area contributed by atoms with Crippen LogP contribution >= 0.6 is 27.3 Å². The third-order valence-corrected chi connectivity index (χ3v) is 4.37. The summed E-state index contributed by atoms with van der Waals surface area (Å²) in [4.78, 5) is 21.0. The standard InChI is InChI=1S/C17H20BrN3O4S/c1-4-23-13-5-6-16(15(18)7-13)25-17-19-8-14(26-17)9-20-24-10-11(2)21-12(3)22/h5-9,11H,4,10H2,1-3H3,(H,21,22)/t11-/m0/s1. The van der Waals surface area contributed by atoms with Crippen LogP contribution in [0.1, 0.15) is 25.6 Å². The molecule has 0 saturated heterocycles. The summed E-state index contributed by atoms with van der Waals surface area (Å²) < 4.78 is 12.0. The number of ether oxygens (including phenoxy) is 2. The van der Waals surface area contributed by atoms with Crippen molar-refractivity contribution in [1.82, 2.24) is 10.3 Å². The van der Waals surface area contributed by atoms with Crippen molar-refractivity contribution in [3.8, 4) is 16.7 Å². The predicted octanol–water partition coefficient (Wildman–Crippen LogP) is 3.97. The normalized spacial score (nSPS) is 12.0. The zero-order chi connectivity index (χ0) is 18.9. The largest absolute Gasteiger partial charge is 0.494 e. The Morgan fingerprint density at radius 1 is 1.50 bits per heavy atom. The molecule has 0 unspecified atom stereocenters. The van der Waals surface area contributed by atoms with E-state index in [0.29, 0.717) is 17.6 Å². The number of nitrogens with one attached hydrogen (secondary N) is 1. The summed E-state index contributed by atoms with van der Waals surface area (Å²) >= 11 is 4.79. The van der Waals surface area contributed by atoms with Crippen LogP contribution in [-0.4, -0.2) is 36.4 Å². The van der Waals surface area contributed by atoms with Crippen molar-refractivity contribution in [2.45, 2.75) is 26.8 Å². The summed E-state index contributed by atoms with van der Waals surface area (Å²) in [5, 5.41) is 7.07. The van der Waals surface area contributed by atoms with Gasteiger partial charge in [0.25, 0.3) is 5.19 Å². The summed E-state index contributed by atoms with van der Waals surface area (Å²) in [5.41, 5.74) is 0. The van der Waals surface area contributed by atoms with E-state index in [1.54, 1.807) is 12.4 Å². The van der Waals surface area contributed by atoms with Crippen molar-refractivity contribution < 1.29 is 19.1 Å². The van der Waals surface area contributed by atoms with Crippen molar-refractivity contribution >= 4 is 39.4 Å². The number of carbonyl (C=O) groups excluding carboxylic acids is 1. The average Bonchev–Trinajstić information content (AvgIpc) is 3.01. The van der Waals surface area contributed by atoms with Gasteiger partial charge in [0, 0.05) is 6.92 Å². The van der Waals surface area contributed by atoms with Crippen molar-refractivity contribution in [3.63, 3.8) is 0 Å². The molecule has 1 aromatic carbocycles. The van der Waals surface area contributed by atoms with Crippen molar-refractivity contribution in [1.29, 1.82) is 0 Å². The second-order valence-corrected chi connectivity index (χ2v) is 7.17. The second kappa shape index (κ2) is 10.1. The lowest BCUT2D eigenvalue weighted by atomic mass is 10.3. The minimum atomic E-state index is -0.109. The van der Waals surface area contributed by atoms with Crippen molar-refractivity contribution in [3.05, 3.63) is 33.7 Å². The molecule has 0 saturated carbocycles. The molecule has 0 radical (unpaired) electrons. The van der Waals surface area contributed by atoms with E-state index in [1.165, 1.54) is 18.3 Å². The van der Waals surface area contributed by atoms with Crippen LogP contribution in [0, 0.1) is 0 Å². The number of rotatable bonds is 9. The molecule has 0 spiro atoms. The summed E-state index contributed by atoms with van der Waals surface area (Å²) in [6.07, 6.45) is 3.20. The van der Waals surface area contributed by atoms with Crippen molar-refractivity contribution in [2.24, 2.45) is 5.16 Å². The van der Waals surface area contributed by atoms with E-state index in [1.807, 2.05) is 32.0 Å². The fourth-order valence-corrected chi connectivity index (χ4v) is 3.00. The number of hydrogen-bond donors (Lipinski definition) is 1. The Labute approximate surface area is 164 Å². The number of thiazole rings is 1. The maximum Gasteiger partial charge on any atom is 0.279 e. The summed E-state index contributed by atoms with van der Waals surface area (Å²) in [6.45, 7) is 6.12. The molecule has 26 heavy (non-hydrogen) atoms. The molecule has 2 aromatic rings. The van der Waals surface area contributed by atoms with E-state index in [2.05, 4.69) is 31.4 Å². The first-order valence-electron chi connectivity index (χ1n) is 7.96. The maximum absolute atomic E-state index is 10.9. The highest BCUT2D eigenvalue weighted by molar-refractivity contribution is 9.10. The van der Waals surface area contributed by atoms with Gasteiger partial charge in [0.15, 0.2) is 0 Å². The quantitative estimate of drug-likeness (QED) is 0.470. The molecule has 140 valence electrons. The molecule has 0 aliphatic carbocycles. The molecular weight excluding hydrogens is 422 g/mol. The second-order valence-electron chi connectivity index (χ2n) is 5.29. The number of hydrogen-bond acceptors (Lipinski definition) is 7. The Balaban J connectivity index is 1.87. The number of carbonyl (C=O) groups is 1. The van der Waals surface area contributed by atoms with Gasteiger partial charge in [0.1, 0.15) is 18.1 Å². The van der Waals surface area contributed by atoms with E-state index >= 15 is 0 Å². The first kappa shape index (κ1) is 20.2. The zero-order valence-corrected chi connectivity index (χ0v) is 17.1. The molecule has 9 heteroatoms. The van der Waals surface area contributed by atoms with Crippen LogP contribution in [0.3, 0.4) is 0 Å². The van der Waals surface area contributed by atoms with E-state index < -0.39 is 0 Å². The zero-order valence-electron chi connectivity index (χ0n) is 14.7. The highest BCUT2D eigenvalue weighted by Gasteiger charge is 2.08. The highest BCUT2D eigenvalue weighted by Crippen LogP contribution is 2.34. The number of benzene rings is 1. The van der Waals surface area contributed by atoms with Gasteiger partial charge in [-0.3, -0.25) is 4.79 Å². The Morgan fingerprint density at radius 2 is 2.31 bits per heavy atom. The lowest BCUT2D eigenvalue weighted by Crippen LogP contribution is -2.33. The van der Waals surface area contributed by atoms with Crippen LogP contribution in [0.2, 0.25) is 0 Å². The lowest BCUT2D eigenvalue weighted by Gasteiger charge is -2.09. The Hall–Kier alpha value is -2.13. The monoisotopic (exact) mass is 441 g/mol. The number of nitrogens with zero attached hydrogens (tertiary/aromatic N) is 2. The number of oxime groups is 1. The smallest absolute Gasteiger partial charge is 0.279 e. The van der Waals surface area contributed by atoms with Crippen molar-refractivity contribution in [2.75, 3.05) is 13.2 Å². The summed E-state index contributed by atoms with van der Waals surface area (Å²) in [5.74, 6) is 1.31. The average molecular weight is 442 g/mol. The van der Waals surface area contributed by atoms with Gasteiger partial charge >= 0.3 is 0 Å². The maximum atomic E-state index is 10.9. The van der Waals surface area contributed by atoms with Gasteiger partial charge in [-0.05, 0) is 48.0 Å². The molecule has 7 nitrogen and oxygen atoms in total. The fraction of sp³-hybridized carbons (Fsp3) is 0.353. The van der Waals surface area contributed by atoms with Crippen LogP contribution in [0.25, 0.3) is 0 Å². The molecule has 2 rings (SSSR count). The van der Waals surface area contributed by atoms with Gasteiger partial charge in [-0.25, -0.2) is 4.98 Å². The Kier molecular flexibility index (Phi) is 7.86. The number of amides is 1. The van der Waals surface area contributed by atoms with E-state index in [9.17, 15) is 4.79 Å². The number of halogens is 1. The van der Waals surface area contributed by atoms with E-state index in [0.717, 1.165) is 15.1 Å². The van der Waals surface area contributed by atoms with Crippen LogP contribution in [0.4, 0.5) is 0 Å². The summed E-state index contributed by atoms with van der Waals surface area (Å²) in [6, 6.07) is 5.39.